The van der Waals surface area contributed by atoms with Crippen LogP contribution in [-0.4, -0.2) is 28.0 Å². The van der Waals surface area contributed by atoms with E-state index in [2.05, 4.69) is 40.0 Å². The number of H-pyrrole nitrogens is 1. The summed E-state index contributed by atoms with van der Waals surface area (Å²) in [4.78, 5) is 22.0. The van der Waals surface area contributed by atoms with E-state index in [0.717, 1.165) is 37.4 Å². The van der Waals surface area contributed by atoms with Crippen molar-refractivity contribution in [1.82, 2.24) is 14.9 Å². The molecule has 0 amide bonds. The Morgan fingerprint density at radius 2 is 2.08 bits per heavy atom. The maximum absolute atomic E-state index is 12.2. The highest BCUT2D eigenvalue weighted by Crippen LogP contribution is 2.26. The Labute approximate surface area is 146 Å². The molecule has 0 aliphatic carbocycles. The predicted molar refractivity (Wildman–Crippen MR) is 97.8 cm³/mol. The van der Waals surface area contributed by atoms with E-state index < -0.39 is 0 Å². The van der Waals surface area contributed by atoms with Crippen LogP contribution in [0.5, 0.6) is 5.75 Å². The normalized spacial score (nSPS) is 13.2. The zero-order valence-corrected chi connectivity index (χ0v) is 14.3. The third kappa shape index (κ3) is 3.28. The summed E-state index contributed by atoms with van der Waals surface area (Å²) in [6.45, 7) is 5.21. The predicted octanol–water partition coefficient (Wildman–Crippen LogP) is 2.88. The van der Waals surface area contributed by atoms with E-state index in [1.807, 2.05) is 18.2 Å². The lowest BCUT2D eigenvalue weighted by atomic mass is 10.1. The quantitative estimate of drug-likeness (QED) is 0.779. The average Bonchev–Trinajstić information content (AvgIpc) is 3.09. The summed E-state index contributed by atoms with van der Waals surface area (Å²) in [6, 6.07) is 13.8. The van der Waals surface area contributed by atoms with Gasteiger partial charge < -0.3 is 9.72 Å². The van der Waals surface area contributed by atoms with E-state index in [4.69, 9.17) is 4.74 Å². The smallest absolute Gasteiger partial charge is 0.258 e. The number of rotatable bonds is 5. The van der Waals surface area contributed by atoms with Crippen LogP contribution >= 0.6 is 0 Å². The highest BCUT2D eigenvalue weighted by atomic mass is 16.5. The number of hydrogen-bond donors (Lipinski definition) is 1. The number of hydrogen-bond acceptors (Lipinski definition) is 4. The lowest BCUT2D eigenvalue weighted by Gasteiger charge is -2.20. The molecule has 0 fully saturated rings. The van der Waals surface area contributed by atoms with Crippen LogP contribution in [0.3, 0.4) is 0 Å². The Bertz CT molecular complexity index is 965. The van der Waals surface area contributed by atoms with Crippen molar-refractivity contribution in [1.29, 1.82) is 0 Å². The van der Waals surface area contributed by atoms with Gasteiger partial charge in [0.2, 0.25) is 0 Å². The van der Waals surface area contributed by atoms with E-state index in [1.54, 1.807) is 6.07 Å². The van der Waals surface area contributed by atoms with Gasteiger partial charge in [0.15, 0.2) is 0 Å². The zero-order valence-electron chi connectivity index (χ0n) is 14.3. The van der Waals surface area contributed by atoms with Crippen molar-refractivity contribution in [3.8, 4) is 5.75 Å². The third-order valence-electron chi connectivity index (χ3n) is 4.64. The second kappa shape index (κ2) is 6.69. The summed E-state index contributed by atoms with van der Waals surface area (Å²) < 4.78 is 5.57. The van der Waals surface area contributed by atoms with Crippen molar-refractivity contribution in [3.05, 3.63) is 69.8 Å². The fourth-order valence-corrected chi connectivity index (χ4v) is 3.30. The maximum atomic E-state index is 12.2. The first-order chi connectivity index (χ1) is 12.2. The highest BCUT2D eigenvalue weighted by molar-refractivity contribution is 5.77. The van der Waals surface area contributed by atoms with Crippen molar-refractivity contribution in [2.75, 3.05) is 13.2 Å². The first kappa shape index (κ1) is 15.8. The average molecular weight is 335 g/mol. The molecule has 0 saturated carbocycles. The van der Waals surface area contributed by atoms with Gasteiger partial charge in [-0.2, -0.15) is 0 Å². The molecule has 0 radical (unpaired) electrons. The lowest BCUT2D eigenvalue weighted by molar-refractivity contribution is 0.264. The van der Waals surface area contributed by atoms with Crippen LogP contribution in [0.2, 0.25) is 0 Å². The van der Waals surface area contributed by atoms with Gasteiger partial charge in [-0.25, -0.2) is 4.98 Å². The third-order valence-corrected chi connectivity index (χ3v) is 4.64. The van der Waals surface area contributed by atoms with Gasteiger partial charge in [0.1, 0.15) is 11.6 Å². The second-order valence-electron chi connectivity index (χ2n) is 6.37. The standard InChI is InChI=1S/C20H21N3O2/c1-2-23(12-14-7-8-18-15(11-14)9-10-25-18)13-19-21-17-6-4-3-5-16(17)20(24)22-19/h3-8,11H,2,9-10,12-13H2,1H3,(H,21,22,24). The monoisotopic (exact) mass is 335 g/mol. The molecular formula is C20H21N3O2. The van der Waals surface area contributed by atoms with E-state index in [0.29, 0.717) is 17.8 Å². The lowest BCUT2D eigenvalue weighted by Crippen LogP contribution is -2.25. The van der Waals surface area contributed by atoms with Gasteiger partial charge in [-0.3, -0.25) is 9.69 Å². The van der Waals surface area contributed by atoms with Crippen LogP contribution in [-0.2, 0) is 19.5 Å². The summed E-state index contributed by atoms with van der Waals surface area (Å²) in [5.41, 5.74) is 3.21. The van der Waals surface area contributed by atoms with Crippen molar-refractivity contribution in [3.63, 3.8) is 0 Å². The van der Waals surface area contributed by atoms with E-state index in [1.165, 1.54) is 11.1 Å². The topological polar surface area (TPSA) is 58.2 Å². The molecule has 1 aliphatic rings. The molecule has 5 heteroatoms. The fraction of sp³-hybridized carbons (Fsp3) is 0.300. The first-order valence-corrected chi connectivity index (χ1v) is 8.68. The van der Waals surface area contributed by atoms with Gasteiger partial charge in [0.05, 0.1) is 24.1 Å². The molecule has 25 heavy (non-hydrogen) atoms. The van der Waals surface area contributed by atoms with E-state index in [-0.39, 0.29) is 5.56 Å². The first-order valence-electron chi connectivity index (χ1n) is 8.68. The number of fused-ring (bicyclic) bond motifs is 2. The summed E-state index contributed by atoms with van der Waals surface area (Å²) in [5.74, 6) is 1.71. The van der Waals surface area contributed by atoms with Gasteiger partial charge >= 0.3 is 0 Å². The summed E-state index contributed by atoms with van der Waals surface area (Å²) >= 11 is 0. The largest absolute Gasteiger partial charge is 0.493 e. The number of aromatic amines is 1. The molecule has 0 atom stereocenters. The summed E-state index contributed by atoms with van der Waals surface area (Å²) in [7, 11) is 0. The molecule has 0 unspecified atom stereocenters. The van der Waals surface area contributed by atoms with Crippen LogP contribution < -0.4 is 10.3 Å². The van der Waals surface area contributed by atoms with Crippen molar-refractivity contribution in [2.24, 2.45) is 0 Å². The second-order valence-corrected chi connectivity index (χ2v) is 6.37. The van der Waals surface area contributed by atoms with E-state index >= 15 is 0 Å². The van der Waals surface area contributed by atoms with Crippen LogP contribution in [0, 0.1) is 0 Å². The molecule has 0 saturated heterocycles. The van der Waals surface area contributed by atoms with Gasteiger partial charge in [-0.1, -0.05) is 31.2 Å². The Hall–Kier alpha value is -2.66. The highest BCUT2D eigenvalue weighted by Gasteiger charge is 2.14. The number of aromatic nitrogens is 2. The molecule has 3 aromatic rings. The number of nitrogens with one attached hydrogen (secondary N) is 1. The van der Waals surface area contributed by atoms with Gasteiger partial charge in [0, 0.05) is 13.0 Å². The number of benzene rings is 2. The molecule has 1 aliphatic heterocycles. The van der Waals surface area contributed by atoms with Gasteiger partial charge in [-0.05, 0) is 35.9 Å². The molecule has 2 aromatic carbocycles. The van der Waals surface area contributed by atoms with Gasteiger partial charge in [0.25, 0.3) is 5.56 Å². The minimum atomic E-state index is -0.0775. The minimum Gasteiger partial charge on any atom is -0.493 e. The molecule has 2 heterocycles. The Morgan fingerprint density at radius 3 is 2.96 bits per heavy atom. The maximum Gasteiger partial charge on any atom is 0.258 e. The summed E-state index contributed by atoms with van der Waals surface area (Å²) in [6.07, 6.45) is 0.981. The molecule has 0 spiro atoms. The van der Waals surface area contributed by atoms with E-state index in [9.17, 15) is 4.79 Å². The fourth-order valence-electron chi connectivity index (χ4n) is 3.30. The Morgan fingerprint density at radius 1 is 1.20 bits per heavy atom. The Kier molecular flexibility index (Phi) is 4.24. The minimum absolute atomic E-state index is 0.0775. The molecule has 5 nitrogen and oxygen atoms in total. The van der Waals surface area contributed by atoms with Crippen molar-refractivity contribution < 1.29 is 4.74 Å². The van der Waals surface area contributed by atoms with Crippen LogP contribution in [0.25, 0.3) is 10.9 Å². The molecule has 1 aromatic heterocycles. The van der Waals surface area contributed by atoms with Crippen LogP contribution in [0.15, 0.2) is 47.3 Å². The molecule has 1 N–H and O–H groups in total. The number of nitrogens with zero attached hydrogens (tertiary/aromatic N) is 2. The van der Waals surface area contributed by atoms with Crippen LogP contribution in [0.4, 0.5) is 0 Å². The Balaban J connectivity index is 1.55. The molecular weight excluding hydrogens is 314 g/mol. The SMILES string of the molecule is CCN(Cc1ccc2c(c1)CCO2)Cc1nc2ccccc2c(=O)[nH]1. The molecule has 0 bridgehead atoms. The van der Waals surface area contributed by atoms with Crippen molar-refractivity contribution >= 4 is 10.9 Å². The van der Waals surface area contributed by atoms with Crippen LogP contribution in [0.1, 0.15) is 23.9 Å². The number of para-hydroxylation sites is 1. The van der Waals surface area contributed by atoms with Gasteiger partial charge in [-0.15, -0.1) is 0 Å². The zero-order chi connectivity index (χ0) is 17.2. The molecule has 4 rings (SSSR count). The summed E-state index contributed by atoms with van der Waals surface area (Å²) in [5, 5.41) is 0.632. The number of ether oxygens (including phenoxy) is 1. The van der Waals surface area contributed by atoms with Crippen molar-refractivity contribution in [2.45, 2.75) is 26.4 Å². The molecule has 128 valence electrons.